The smallest absolute Gasteiger partial charge is 0.125 e. The number of fused-ring (bicyclic) bond motifs is 3. The largest absolute Gasteiger partial charge is 0.311 e. The molecule has 0 N–H and O–H groups in total. The van der Waals surface area contributed by atoms with Crippen LogP contribution < -0.4 is 4.90 Å². The van der Waals surface area contributed by atoms with Crippen molar-refractivity contribution in [2.45, 2.75) is 0 Å². The summed E-state index contributed by atoms with van der Waals surface area (Å²) in [7, 11) is 1.83. The van der Waals surface area contributed by atoms with Gasteiger partial charge in [0.15, 0.2) is 0 Å². The third kappa shape index (κ3) is 6.01. The second-order valence-corrected chi connectivity index (χ2v) is 13.5. The summed E-state index contributed by atoms with van der Waals surface area (Å²) in [5.74, 6) is 0. The Morgan fingerprint density at radius 1 is 0.566 bits per heavy atom. The number of benzene rings is 6. The molecule has 0 saturated carbocycles. The van der Waals surface area contributed by atoms with Crippen molar-refractivity contribution in [3.05, 3.63) is 169 Å². The fourth-order valence-corrected chi connectivity index (χ4v) is 7.74. The molecule has 0 aliphatic heterocycles. The zero-order chi connectivity index (χ0) is 35.7. The monoisotopic (exact) mass is 701 g/mol. The topological polar surface area (TPSA) is 79.5 Å². The van der Waals surface area contributed by atoms with E-state index in [2.05, 4.69) is 118 Å². The van der Waals surface area contributed by atoms with Crippen LogP contribution in [-0.2, 0) is 0 Å². The Morgan fingerprint density at radius 2 is 1.04 bits per heavy atom. The van der Waals surface area contributed by atoms with E-state index in [1.54, 1.807) is 11.3 Å². The van der Waals surface area contributed by atoms with Crippen LogP contribution in [0.1, 0.15) is 11.1 Å². The minimum Gasteiger partial charge on any atom is -0.311 e. The number of para-hydroxylation sites is 4. The highest BCUT2D eigenvalue weighted by molar-refractivity contribution is 7.23. The Kier molecular flexibility index (Phi) is 8.26. The molecular weight excluding hydrogens is 671 g/mol. The van der Waals surface area contributed by atoms with Crippen LogP contribution in [0.25, 0.3) is 54.7 Å². The van der Waals surface area contributed by atoms with Crippen LogP contribution in [0, 0.1) is 0 Å². The van der Waals surface area contributed by atoms with E-state index in [1.165, 1.54) is 0 Å². The third-order valence-electron chi connectivity index (χ3n) is 9.32. The van der Waals surface area contributed by atoms with Gasteiger partial charge in [-0.15, -0.1) is 11.3 Å². The zero-order valence-electron chi connectivity index (χ0n) is 28.8. The van der Waals surface area contributed by atoms with Gasteiger partial charge in [0.25, 0.3) is 0 Å². The molecule has 0 fully saturated rings. The van der Waals surface area contributed by atoms with Crippen molar-refractivity contribution >= 4 is 78.0 Å². The number of hydrogen-bond donors (Lipinski definition) is 0. The molecule has 0 radical (unpaired) electrons. The van der Waals surface area contributed by atoms with E-state index >= 15 is 0 Å². The van der Waals surface area contributed by atoms with E-state index in [4.69, 9.17) is 15.0 Å². The van der Waals surface area contributed by atoms with E-state index < -0.39 is 0 Å². The lowest BCUT2D eigenvalue weighted by atomic mass is 10.00. The highest BCUT2D eigenvalue weighted by Crippen LogP contribution is 2.40. The number of aliphatic imine (C=N–C) groups is 2. The van der Waals surface area contributed by atoms with Gasteiger partial charge in [-0.3, -0.25) is 20.0 Å². The van der Waals surface area contributed by atoms with Gasteiger partial charge < -0.3 is 4.90 Å². The molecule has 0 bridgehead atoms. The lowest BCUT2D eigenvalue weighted by molar-refractivity contribution is 1.26. The van der Waals surface area contributed by atoms with E-state index in [0.717, 1.165) is 93.6 Å². The molecule has 9 aromatic rings. The molecule has 7 nitrogen and oxygen atoms in total. The van der Waals surface area contributed by atoms with Gasteiger partial charge in [0.05, 0.1) is 51.6 Å². The van der Waals surface area contributed by atoms with Gasteiger partial charge in [-0.25, -0.2) is 9.97 Å². The molecule has 0 aliphatic rings. The molecule has 6 aromatic carbocycles. The average Bonchev–Trinajstić information content (AvgIpc) is 3.60. The molecule has 3 heterocycles. The first-order chi connectivity index (χ1) is 26.2. The number of rotatable bonds is 8. The molecule has 0 aliphatic carbocycles. The molecule has 9 rings (SSSR count). The molecule has 3 aromatic heterocycles. The fraction of sp³-hybridized carbons (Fsp3) is 0.0222. The SMILES string of the molecule is C=Nc1sc2ccccc2c1/C(=N\C)c1ccc(N(c2ccc(-c3cnc4ccccc4n3)cc2)c2ccc(-c3cnc4ccccc4n3)cc2)cc1. The summed E-state index contributed by atoms with van der Waals surface area (Å²) >= 11 is 1.63. The zero-order valence-corrected chi connectivity index (χ0v) is 29.6. The van der Waals surface area contributed by atoms with Gasteiger partial charge in [0.2, 0.25) is 0 Å². The van der Waals surface area contributed by atoms with Gasteiger partial charge in [-0.05, 0) is 73.4 Å². The first-order valence-electron chi connectivity index (χ1n) is 17.2. The summed E-state index contributed by atoms with van der Waals surface area (Å²) in [5, 5.41) is 1.99. The standard InChI is InChI=1S/C45H31N7S/c1-46-44(43-35-9-3-8-14-42(35)53-45(43)47-2)31-19-25-34(26-20-31)52(32-21-15-29(16-22-32)40-27-48-36-10-4-6-12-38(36)50-40)33-23-17-30(18-24-33)41-28-49-37-11-5-7-13-39(37)51-41/h3-28H,2H2,1H3/b46-44-. The summed E-state index contributed by atoms with van der Waals surface area (Å²) in [6, 6.07) is 49.6. The normalized spacial score (nSPS) is 11.7. The Labute approximate surface area is 310 Å². The number of anilines is 3. The van der Waals surface area contributed by atoms with Crippen molar-refractivity contribution in [1.82, 2.24) is 19.9 Å². The quantitative estimate of drug-likeness (QED) is 0.147. The minimum absolute atomic E-state index is 0.827. The van der Waals surface area contributed by atoms with Gasteiger partial charge in [-0.2, -0.15) is 0 Å². The van der Waals surface area contributed by atoms with Gasteiger partial charge in [0, 0.05) is 56.4 Å². The van der Waals surface area contributed by atoms with Crippen molar-refractivity contribution in [3.8, 4) is 22.5 Å². The fourth-order valence-electron chi connectivity index (χ4n) is 6.73. The Hall–Kier alpha value is -6.90. The molecule has 8 heteroatoms. The van der Waals surface area contributed by atoms with Crippen molar-refractivity contribution in [3.63, 3.8) is 0 Å². The maximum atomic E-state index is 4.87. The summed E-state index contributed by atoms with van der Waals surface area (Å²) in [5.41, 5.74) is 13.0. The Morgan fingerprint density at radius 3 is 1.55 bits per heavy atom. The lowest BCUT2D eigenvalue weighted by Gasteiger charge is -2.26. The van der Waals surface area contributed by atoms with Crippen molar-refractivity contribution in [1.29, 1.82) is 0 Å². The van der Waals surface area contributed by atoms with Crippen LogP contribution in [0.4, 0.5) is 22.1 Å². The first kappa shape index (κ1) is 32.0. The summed E-state index contributed by atoms with van der Waals surface area (Å²) < 4.78 is 1.16. The van der Waals surface area contributed by atoms with Crippen LogP contribution >= 0.6 is 11.3 Å². The number of hydrogen-bond acceptors (Lipinski definition) is 8. The Balaban J connectivity index is 1.10. The van der Waals surface area contributed by atoms with Crippen LogP contribution in [0.15, 0.2) is 168 Å². The minimum atomic E-state index is 0.827. The average molecular weight is 702 g/mol. The number of thiophene rings is 1. The molecule has 53 heavy (non-hydrogen) atoms. The van der Waals surface area contributed by atoms with Crippen LogP contribution in [0.3, 0.4) is 0 Å². The maximum absolute atomic E-state index is 4.87. The van der Waals surface area contributed by atoms with E-state index in [0.29, 0.717) is 0 Å². The highest BCUT2D eigenvalue weighted by atomic mass is 32.1. The molecular formula is C45H31N7S. The summed E-state index contributed by atoms with van der Waals surface area (Å²) in [6.07, 6.45) is 3.66. The lowest BCUT2D eigenvalue weighted by Crippen LogP contribution is -2.11. The molecule has 252 valence electrons. The second-order valence-electron chi connectivity index (χ2n) is 12.5. The van der Waals surface area contributed by atoms with Gasteiger partial charge >= 0.3 is 0 Å². The second kappa shape index (κ2) is 13.7. The van der Waals surface area contributed by atoms with Crippen molar-refractivity contribution in [2.24, 2.45) is 9.98 Å². The van der Waals surface area contributed by atoms with Crippen LogP contribution in [0.5, 0.6) is 0 Å². The predicted molar refractivity (Wildman–Crippen MR) is 221 cm³/mol. The van der Waals surface area contributed by atoms with Crippen molar-refractivity contribution in [2.75, 3.05) is 11.9 Å². The molecule has 0 amide bonds. The number of nitrogens with zero attached hydrogens (tertiary/aromatic N) is 7. The van der Waals surface area contributed by atoms with Crippen molar-refractivity contribution < 1.29 is 0 Å². The Bertz CT molecular complexity index is 2680. The highest BCUT2D eigenvalue weighted by Gasteiger charge is 2.19. The van der Waals surface area contributed by atoms with E-state index in [9.17, 15) is 0 Å². The summed E-state index contributed by atoms with van der Waals surface area (Å²) in [4.78, 5) is 30.4. The summed E-state index contributed by atoms with van der Waals surface area (Å²) in [6.45, 7) is 3.86. The van der Waals surface area contributed by atoms with E-state index in [1.807, 2.05) is 74.0 Å². The third-order valence-corrected chi connectivity index (χ3v) is 10.4. The molecule has 0 unspecified atom stereocenters. The first-order valence-corrected chi connectivity index (χ1v) is 18.0. The molecule has 0 spiro atoms. The van der Waals surface area contributed by atoms with Gasteiger partial charge in [-0.1, -0.05) is 78.9 Å². The number of aromatic nitrogens is 4. The van der Waals surface area contributed by atoms with Crippen LogP contribution in [0.2, 0.25) is 0 Å². The molecule has 0 saturated heterocycles. The van der Waals surface area contributed by atoms with E-state index in [-0.39, 0.29) is 0 Å². The van der Waals surface area contributed by atoms with Crippen LogP contribution in [-0.4, -0.2) is 39.4 Å². The maximum Gasteiger partial charge on any atom is 0.125 e. The predicted octanol–water partition coefficient (Wildman–Crippen LogP) is 11.4. The molecule has 0 atom stereocenters. The van der Waals surface area contributed by atoms with Gasteiger partial charge in [0.1, 0.15) is 5.00 Å².